The highest BCUT2D eigenvalue weighted by atomic mass is 16.2. The lowest BCUT2D eigenvalue weighted by molar-refractivity contribution is -0.119. The number of amides is 1. The molecule has 5 heteroatoms. The highest BCUT2D eigenvalue weighted by molar-refractivity contribution is 6.07. The van der Waals surface area contributed by atoms with Crippen LogP contribution < -0.4 is 16.0 Å². The van der Waals surface area contributed by atoms with Crippen molar-refractivity contribution in [2.75, 3.05) is 16.0 Å². The molecule has 4 N–H and O–H groups in total. The third-order valence-corrected chi connectivity index (χ3v) is 5.18. The number of benzene rings is 2. The number of hydrogen-bond donors (Lipinski definition) is 4. The second-order valence-corrected chi connectivity index (χ2v) is 7.03. The Kier molecular flexibility index (Phi) is 2.43. The zero-order valence-electron chi connectivity index (χ0n) is 13.5. The molecular weight excluding hydrogens is 300 g/mol. The molecule has 2 aliphatic rings. The molecule has 0 fully saturated rings. The van der Waals surface area contributed by atoms with Crippen LogP contribution >= 0.6 is 0 Å². The fourth-order valence-corrected chi connectivity index (χ4v) is 3.70. The summed E-state index contributed by atoms with van der Waals surface area (Å²) in [6.45, 7) is 3.92. The first-order chi connectivity index (χ1) is 11.5. The third kappa shape index (κ3) is 1.67. The Morgan fingerprint density at radius 1 is 1.00 bits per heavy atom. The van der Waals surface area contributed by atoms with E-state index in [2.05, 4.69) is 39.1 Å². The number of carbonyl (C=O) groups is 1. The fraction of sp³-hybridized carbons (Fsp3) is 0.211. The van der Waals surface area contributed by atoms with Gasteiger partial charge in [0.1, 0.15) is 6.17 Å². The maximum absolute atomic E-state index is 12.1. The Labute approximate surface area is 139 Å². The van der Waals surface area contributed by atoms with Gasteiger partial charge in [-0.2, -0.15) is 0 Å². The van der Waals surface area contributed by atoms with Crippen LogP contribution in [0.5, 0.6) is 0 Å². The third-order valence-electron chi connectivity index (χ3n) is 5.18. The van der Waals surface area contributed by atoms with E-state index in [9.17, 15) is 4.79 Å². The molecular formula is C19H18N4O. The lowest BCUT2D eigenvalue weighted by atomic mass is 9.86. The first-order valence-electron chi connectivity index (χ1n) is 8.13. The van der Waals surface area contributed by atoms with Crippen LogP contribution in [0.15, 0.2) is 42.6 Å². The van der Waals surface area contributed by atoms with Gasteiger partial charge in [0.25, 0.3) is 0 Å². The molecule has 0 radical (unpaired) electrons. The van der Waals surface area contributed by atoms with Crippen LogP contribution in [0.4, 0.5) is 17.1 Å². The molecule has 0 spiro atoms. The van der Waals surface area contributed by atoms with Gasteiger partial charge in [0, 0.05) is 28.4 Å². The monoisotopic (exact) mass is 318 g/mol. The van der Waals surface area contributed by atoms with Crippen molar-refractivity contribution in [3.63, 3.8) is 0 Å². The fourth-order valence-electron chi connectivity index (χ4n) is 3.70. The summed E-state index contributed by atoms with van der Waals surface area (Å²) in [5.41, 5.74) is 5.81. The normalized spacial score (nSPS) is 20.2. The van der Waals surface area contributed by atoms with Crippen molar-refractivity contribution < 1.29 is 4.79 Å². The molecule has 0 saturated heterocycles. The molecule has 3 heterocycles. The number of rotatable bonds is 1. The van der Waals surface area contributed by atoms with Crippen molar-refractivity contribution in [1.82, 2.24) is 4.98 Å². The summed E-state index contributed by atoms with van der Waals surface area (Å²) in [5.74, 6) is 0.0503. The zero-order chi connectivity index (χ0) is 16.5. The number of anilines is 3. The molecule has 5 nitrogen and oxygen atoms in total. The lowest BCUT2D eigenvalue weighted by Crippen LogP contribution is -2.26. The Morgan fingerprint density at radius 3 is 2.58 bits per heavy atom. The molecule has 1 amide bonds. The molecule has 2 aromatic carbocycles. The van der Waals surface area contributed by atoms with E-state index in [1.54, 1.807) is 0 Å². The van der Waals surface area contributed by atoms with Gasteiger partial charge in [-0.15, -0.1) is 0 Å². The summed E-state index contributed by atoms with van der Waals surface area (Å²) in [5, 5.41) is 11.2. The quantitative estimate of drug-likeness (QED) is 0.549. The Morgan fingerprint density at radius 2 is 1.75 bits per heavy atom. The van der Waals surface area contributed by atoms with Crippen molar-refractivity contribution in [1.29, 1.82) is 0 Å². The van der Waals surface area contributed by atoms with Gasteiger partial charge >= 0.3 is 0 Å². The minimum atomic E-state index is -0.495. The number of hydrogen-bond acceptors (Lipinski definition) is 3. The Balaban J connectivity index is 1.55. The number of aromatic nitrogens is 1. The number of fused-ring (bicyclic) bond motifs is 3. The van der Waals surface area contributed by atoms with Crippen molar-refractivity contribution in [2.45, 2.75) is 25.4 Å². The summed E-state index contributed by atoms with van der Waals surface area (Å²) in [6.07, 6.45) is 2.05. The van der Waals surface area contributed by atoms with Crippen LogP contribution in [-0.2, 0) is 10.2 Å². The molecule has 1 atom stereocenters. The van der Waals surface area contributed by atoms with Gasteiger partial charge < -0.3 is 20.9 Å². The molecule has 1 aromatic heterocycles. The molecule has 0 saturated carbocycles. The number of para-hydroxylation sites is 1. The van der Waals surface area contributed by atoms with Gasteiger partial charge in [0.05, 0.1) is 16.8 Å². The standard InChI is InChI=1S/C19H18N4O/c1-19(2)12-7-15-16(8-14(12)23-18(19)24)22-17(21-15)11-9-20-13-6-4-3-5-10(11)13/h3-9,17,20-22H,1-2H3,(H,23,24). The predicted molar refractivity (Wildman–Crippen MR) is 96.4 cm³/mol. The molecule has 0 bridgehead atoms. The SMILES string of the molecule is CC1(C)C(=O)Nc2cc3c(cc21)NC(c1c[nH]c2ccccc12)N3. The first kappa shape index (κ1) is 13.5. The zero-order valence-corrected chi connectivity index (χ0v) is 13.5. The van der Waals surface area contributed by atoms with Crippen LogP contribution in [0.2, 0.25) is 0 Å². The van der Waals surface area contributed by atoms with Crippen LogP contribution in [0.3, 0.4) is 0 Å². The van der Waals surface area contributed by atoms with Gasteiger partial charge in [-0.25, -0.2) is 0 Å². The van der Waals surface area contributed by atoms with Crippen molar-refractivity contribution >= 4 is 33.9 Å². The number of aromatic amines is 1. The second-order valence-electron chi connectivity index (χ2n) is 7.03. The van der Waals surface area contributed by atoms with E-state index in [-0.39, 0.29) is 12.1 Å². The van der Waals surface area contributed by atoms with E-state index in [4.69, 9.17) is 0 Å². The maximum atomic E-state index is 12.1. The minimum Gasteiger partial charge on any atom is -0.361 e. The van der Waals surface area contributed by atoms with Crippen molar-refractivity contribution in [3.05, 3.63) is 53.7 Å². The van der Waals surface area contributed by atoms with Gasteiger partial charge in [0.2, 0.25) is 5.91 Å². The molecule has 3 aromatic rings. The number of nitrogens with one attached hydrogen (secondary N) is 4. The predicted octanol–water partition coefficient (Wildman–Crippen LogP) is 3.93. The van der Waals surface area contributed by atoms with E-state index in [0.717, 1.165) is 28.1 Å². The van der Waals surface area contributed by atoms with Gasteiger partial charge in [-0.1, -0.05) is 18.2 Å². The molecule has 120 valence electrons. The lowest BCUT2D eigenvalue weighted by Gasteiger charge is -2.15. The average Bonchev–Trinajstić information content (AvgIpc) is 3.21. The van der Waals surface area contributed by atoms with E-state index in [0.29, 0.717) is 0 Å². The highest BCUT2D eigenvalue weighted by Crippen LogP contribution is 2.46. The van der Waals surface area contributed by atoms with Gasteiger partial charge in [0.15, 0.2) is 0 Å². The largest absolute Gasteiger partial charge is 0.361 e. The summed E-state index contributed by atoms with van der Waals surface area (Å²) >= 11 is 0. The summed E-state index contributed by atoms with van der Waals surface area (Å²) in [6, 6.07) is 12.4. The van der Waals surface area contributed by atoms with Crippen LogP contribution in [0.1, 0.15) is 31.1 Å². The molecule has 0 aliphatic carbocycles. The van der Waals surface area contributed by atoms with Crippen molar-refractivity contribution in [2.24, 2.45) is 0 Å². The molecule has 1 unspecified atom stereocenters. The molecule has 24 heavy (non-hydrogen) atoms. The Hall–Kier alpha value is -2.95. The second kappa shape index (κ2) is 4.32. The van der Waals surface area contributed by atoms with Gasteiger partial charge in [-0.05, 0) is 37.6 Å². The number of carbonyl (C=O) groups excluding carboxylic acids is 1. The maximum Gasteiger partial charge on any atom is 0.234 e. The van der Waals surface area contributed by atoms with Gasteiger partial charge in [-0.3, -0.25) is 4.79 Å². The molecule has 5 rings (SSSR count). The minimum absolute atomic E-state index is 0.0116. The van der Waals surface area contributed by atoms with E-state index in [1.165, 1.54) is 10.9 Å². The molecule has 2 aliphatic heterocycles. The summed E-state index contributed by atoms with van der Waals surface area (Å²) in [4.78, 5) is 15.4. The topological polar surface area (TPSA) is 69.0 Å². The van der Waals surface area contributed by atoms with Crippen molar-refractivity contribution in [3.8, 4) is 0 Å². The number of H-pyrrole nitrogens is 1. The van der Waals surface area contributed by atoms with Crippen LogP contribution in [0, 0.1) is 0 Å². The highest BCUT2D eigenvalue weighted by Gasteiger charge is 2.40. The summed E-state index contributed by atoms with van der Waals surface area (Å²) < 4.78 is 0. The van der Waals surface area contributed by atoms with Crippen LogP contribution in [-0.4, -0.2) is 10.9 Å². The van der Waals surface area contributed by atoms with E-state index >= 15 is 0 Å². The average molecular weight is 318 g/mol. The Bertz CT molecular complexity index is 1000. The van der Waals surface area contributed by atoms with E-state index in [1.807, 2.05) is 38.2 Å². The van der Waals surface area contributed by atoms with E-state index < -0.39 is 5.41 Å². The van der Waals surface area contributed by atoms with Crippen LogP contribution in [0.25, 0.3) is 10.9 Å². The smallest absolute Gasteiger partial charge is 0.234 e. The first-order valence-corrected chi connectivity index (χ1v) is 8.13. The summed E-state index contributed by atoms with van der Waals surface area (Å²) in [7, 11) is 0.